The molecule has 0 atom stereocenters. The molecule has 0 radical (unpaired) electrons. The zero-order chi connectivity index (χ0) is 21.2. The molecule has 0 spiro atoms. The van der Waals surface area contributed by atoms with Crippen LogP contribution < -0.4 is 4.74 Å². The molecule has 1 aliphatic heterocycles. The van der Waals surface area contributed by atoms with E-state index in [1.54, 1.807) is 23.6 Å². The smallest absolute Gasteiger partial charge is 0.270 e. The summed E-state index contributed by atoms with van der Waals surface area (Å²) in [5, 5.41) is 0. The molecular formula is C21H29N3O4S. The van der Waals surface area contributed by atoms with Crippen molar-refractivity contribution in [1.82, 2.24) is 13.8 Å². The Morgan fingerprint density at radius 3 is 2.34 bits per heavy atom. The summed E-state index contributed by atoms with van der Waals surface area (Å²) in [6, 6.07) is 7.46. The van der Waals surface area contributed by atoms with Crippen LogP contribution >= 0.6 is 0 Å². The molecule has 1 aromatic carbocycles. The SMILES string of the molecule is Cc1cc(C)cc(OCCN(C)C(=O)c2cc(S(=O)(=O)N3CCCC3)cn2C)c1. The maximum atomic E-state index is 12.8. The minimum Gasteiger partial charge on any atom is -0.492 e. The van der Waals surface area contributed by atoms with Crippen LogP contribution in [0, 0.1) is 13.8 Å². The summed E-state index contributed by atoms with van der Waals surface area (Å²) in [5.41, 5.74) is 2.59. The van der Waals surface area contributed by atoms with Gasteiger partial charge in [0.25, 0.3) is 5.91 Å². The minimum absolute atomic E-state index is 0.171. The quantitative estimate of drug-likeness (QED) is 0.692. The Labute approximate surface area is 172 Å². The van der Waals surface area contributed by atoms with Gasteiger partial charge in [0.2, 0.25) is 10.0 Å². The lowest BCUT2D eigenvalue weighted by molar-refractivity contribution is 0.0764. The van der Waals surface area contributed by atoms with Gasteiger partial charge in [0, 0.05) is 33.4 Å². The van der Waals surface area contributed by atoms with Crippen molar-refractivity contribution in [1.29, 1.82) is 0 Å². The van der Waals surface area contributed by atoms with E-state index in [1.165, 1.54) is 16.6 Å². The number of hydrogen-bond donors (Lipinski definition) is 0. The minimum atomic E-state index is -3.54. The van der Waals surface area contributed by atoms with Crippen molar-refractivity contribution < 1.29 is 17.9 Å². The number of carbonyl (C=O) groups excluding carboxylic acids is 1. The van der Waals surface area contributed by atoms with Gasteiger partial charge in [-0.15, -0.1) is 0 Å². The summed E-state index contributed by atoms with van der Waals surface area (Å²) in [4.78, 5) is 14.5. The summed E-state index contributed by atoms with van der Waals surface area (Å²) in [7, 11) is -0.164. The average Bonchev–Trinajstić information content (AvgIpc) is 3.30. The van der Waals surface area contributed by atoms with Gasteiger partial charge in [-0.1, -0.05) is 6.07 Å². The number of likely N-dealkylation sites (N-methyl/N-ethyl adjacent to an activating group) is 1. The van der Waals surface area contributed by atoms with Crippen molar-refractivity contribution in [3.05, 3.63) is 47.3 Å². The third kappa shape index (κ3) is 4.82. The number of carbonyl (C=O) groups is 1. The van der Waals surface area contributed by atoms with E-state index >= 15 is 0 Å². The van der Waals surface area contributed by atoms with Crippen LogP contribution in [0.5, 0.6) is 5.75 Å². The topological polar surface area (TPSA) is 71.8 Å². The highest BCUT2D eigenvalue weighted by atomic mass is 32.2. The highest BCUT2D eigenvalue weighted by Gasteiger charge is 2.29. The first-order valence-electron chi connectivity index (χ1n) is 9.81. The van der Waals surface area contributed by atoms with E-state index in [0.717, 1.165) is 29.7 Å². The number of sulfonamides is 1. The van der Waals surface area contributed by atoms with E-state index in [4.69, 9.17) is 4.74 Å². The molecule has 0 unspecified atom stereocenters. The molecule has 1 fully saturated rings. The molecule has 2 aromatic rings. The van der Waals surface area contributed by atoms with Gasteiger partial charge >= 0.3 is 0 Å². The van der Waals surface area contributed by atoms with Crippen molar-refractivity contribution >= 4 is 15.9 Å². The molecule has 1 aliphatic rings. The van der Waals surface area contributed by atoms with Gasteiger partial charge < -0.3 is 14.2 Å². The second-order valence-corrected chi connectivity index (χ2v) is 9.62. The van der Waals surface area contributed by atoms with E-state index in [0.29, 0.717) is 31.9 Å². The fourth-order valence-electron chi connectivity index (χ4n) is 3.58. The molecule has 29 heavy (non-hydrogen) atoms. The van der Waals surface area contributed by atoms with Gasteiger partial charge in [0.15, 0.2) is 0 Å². The predicted octanol–water partition coefficient (Wildman–Crippen LogP) is 2.58. The summed E-state index contributed by atoms with van der Waals surface area (Å²) in [6.45, 7) is 5.85. The lowest BCUT2D eigenvalue weighted by Crippen LogP contribution is -2.32. The maximum Gasteiger partial charge on any atom is 0.270 e. The third-order valence-electron chi connectivity index (χ3n) is 5.14. The highest BCUT2D eigenvalue weighted by Crippen LogP contribution is 2.23. The number of aromatic nitrogens is 1. The second-order valence-electron chi connectivity index (χ2n) is 7.68. The van der Waals surface area contributed by atoms with E-state index in [1.807, 2.05) is 26.0 Å². The first-order valence-corrected chi connectivity index (χ1v) is 11.3. The summed E-state index contributed by atoms with van der Waals surface area (Å²) in [6.07, 6.45) is 3.27. The van der Waals surface area contributed by atoms with Crippen LogP contribution in [0.3, 0.4) is 0 Å². The Balaban J connectivity index is 1.64. The molecule has 0 aliphatic carbocycles. The normalized spacial score (nSPS) is 14.9. The maximum absolute atomic E-state index is 12.8. The largest absolute Gasteiger partial charge is 0.492 e. The molecule has 1 aromatic heterocycles. The number of ether oxygens (including phenoxy) is 1. The van der Waals surface area contributed by atoms with Crippen LogP contribution in [0.2, 0.25) is 0 Å². The molecule has 8 heteroatoms. The molecule has 1 amide bonds. The molecule has 0 bridgehead atoms. The van der Waals surface area contributed by atoms with Gasteiger partial charge in [-0.2, -0.15) is 4.31 Å². The molecule has 3 rings (SSSR count). The summed E-state index contributed by atoms with van der Waals surface area (Å²) < 4.78 is 34.3. The molecule has 0 saturated carbocycles. The van der Waals surface area contributed by atoms with E-state index < -0.39 is 10.0 Å². The monoisotopic (exact) mass is 419 g/mol. The first-order chi connectivity index (χ1) is 13.7. The fourth-order valence-corrected chi connectivity index (χ4v) is 5.17. The van der Waals surface area contributed by atoms with Crippen molar-refractivity contribution in [3.63, 3.8) is 0 Å². The van der Waals surface area contributed by atoms with Crippen molar-refractivity contribution in [2.24, 2.45) is 7.05 Å². The van der Waals surface area contributed by atoms with Crippen LogP contribution in [-0.2, 0) is 17.1 Å². The van der Waals surface area contributed by atoms with Gasteiger partial charge in [-0.3, -0.25) is 4.79 Å². The molecule has 158 valence electrons. The predicted molar refractivity (Wildman–Crippen MR) is 112 cm³/mol. The summed E-state index contributed by atoms with van der Waals surface area (Å²) in [5.74, 6) is 0.542. The summed E-state index contributed by atoms with van der Waals surface area (Å²) >= 11 is 0. The molecule has 7 nitrogen and oxygen atoms in total. The zero-order valence-electron chi connectivity index (χ0n) is 17.5. The average molecular weight is 420 g/mol. The fraction of sp³-hybridized carbons (Fsp3) is 0.476. The highest BCUT2D eigenvalue weighted by molar-refractivity contribution is 7.89. The molecule has 1 saturated heterocycles. The number of hydrogen-bond acceptors (Lipinski definition) is 4. The number of rotatable bonds is 7. The van der Waals surface area contributed by atoms with E-state index in [-0.39, 0.29) is 10.8 Å². The van der Waals surface area contributed by atoms with Crippen molar-refractivity contribution in [3.8, 4) is 5.75 Å². The van der Waals surface area contributed by atoms with Crippen LogP contribution in [0.1, 0.15) is 34.5 Å². The van der Waals surface area contributed by atoms with Crippen LogP contribution in [0.25, 0.3) is 0 Å². The zero-order valence-corrected chi connectivity index (χ0v) is 18.3. The van der Waals surface area contributed by atoms with Crippen LogP contribution in [-0.4, -0.2) is 61.4 Å². The number of nitrogens with zero attached hydrogens (tertiary/aromatic N) is 3. The van der Waals surface area contributed by atoms with Crippen LogP contribution in [0.15, 0.2) is 35.4 Å². The Bertz CT molecular complexity index is 971. The Morgan fingerprint density at radius 2 is 1.72 bits per heavy atom. The van der Waals surface area contributed by atoms with Crippen molar-refractivity contribution in [2.75, 3.05) is 33.3 Å². The lowest BCUT2D eigenvalue weighted by atomic mass is 10.1. The Morgan fingerprint density at radius 1 is 1.10 bits per heavy atom. The van der Waals surface area contributed by atoms with Crippen molar-refractivity contribution in [2.45, 2.75) is 31.6 Å². The molecular weight excluding hydrogens is 390 g/mol. The lowest BCUT2D eigenvalue weighted by Gasteiger charge is -2.18. The first kappa shape index (κ1) is 21.4. The van der Waals surface area contributed by atoms with E-state index in [9.17, 15) is 13.2 Å². The Kier molecular flexibility index (Phi) is 6.33. The number of amides is 1. The molecule has 0 N–H and O–H groups in total. The number of aryl methyl sites for hydroxylation is 3. The van der Waals surface area contributed by atoms with Gasteiger partial charge in [-0.25, -0.2) is 8.42 Å². The van der Waals surface area contributed by atoms with Gasteiger partial charge in [0.1, 0.15) is 22.9 Å². The van der Waals surface area contributed by atoms with Gasteiger partial charge in [0.05, 0.1) is 6.54 Å². The third-order valence-corrected chi connectivity index (χ3v) is 7.00. The van der Waals surface area contributed by atoms with Gasteiger partial charge in [-0.05, 0) is 56.0 Å². The van der Waals surface area contributed by atoms with E-state index in [2.05, 4.69) is 6.07 Å². The van der Waals surface area contributed by atoms with Crippen LogP contribution in [0.4, 0.5) is 0 Å². The number of benzene rings is 1. The molecule has 2 heterocycles. The standard InChI is InChI=1S/C21H29N3O4S/c1-16-11-17(2)13-18(12-16)28-10-9-22(3)21(25)20-14-19(15-23(20)4)29(26,27)24-7-5-6-8-24/h11-15H,5-10H2,1-4H3. The second kappa shape index (κ2) is 8.59. The Hall–Kier alpha value is -2.32.